The number of carbonyl (C=O) groups is 1. The van der Waals surface area contributed by atoms with Gasteiger partial charge < -0.3 is 0 Å². The molecule has 0 bridgehead atoms. The summed E-state index contributed by atoms with van der Waals surface area (Å²) in [5.74, 6) is -0.368. The minimum atomic E-state index is -4.49. The van der Waals surface area contributed by atoms with Gasteiger partial charge in [-0.3, -0.25) is 24.4 Å². The molecule has 1 fully saturated rings. The van der Waals surface area contributed by atoms with Crippen LogP contribution >= 0.6 is 11.3 Å². The highest BCUT2D eigenvalue weighted by Crippen LogP contribution is 2.34. The number of alkyl halides is 3. The van der Waals surface area contributed by atoms with E-state index in [0.717, 1.165) is 36.7 Å². The molecule has 3 aromatic rings. The average Bonchev–Trinajstić information content (AvgIpc) is 3.53. The van der Waals surface area contributed by atoms with Crippen molar-refractivity contribution < 1.29 is 18.0 Å². The van der Waals surface area contributed by atoms with Gasteiger partial charge in [-0.1, -0.05) is 12.1 Å². The molecule has 0 atom stereocenters. The van der Waals surface area contributed by atoms with Gasteiger partial charge in [0, 0.05) is 24.7 Å². The van der Waals surface area contributed by atoms with Crippen LogP contribution in [0, 0.1) is 0 Å². The molecule has 0 spiro atoms. The molecule has 1 aromatic carbocycles. The maximum absolute atomic E-state index is 13.3. The number of allylic oxidation sites excluding steroid dienone is 4. The second-order valence-electron chi connectivity index (χ2n) is 8.94. The number of nitrogens with zero attached hydrogens (tertiary/aromatic N) is 4. The molecule has 0 unspecified atom stereocenters. The first-order valence-electron chi connectivity index (χ1n) is 11.7. The fraction of sp³-hybridized carbons (Fsp3) is 0.360. The summed E-state index contributed by atoms with van der Waals surface area (Å²) in [5, 5.41) is 3.43. The molecular weight excluding hydrogens is 491 g/mol. The van der Waals surface area contributed by atoms with Gasteiger partial charge in [-0.2, -0.15) is 13.2 Å². The lowest BCUT2D eigenvalue weighted by molar-refractivity contribution is -0.0885. The van der Waals surface area contributed by atoms with Gasteiger partial charge in [0.05, 0.1) is 22.0 Å². The zero-order chi connectivity index (χ0) is 25.4. The van der Waals surface area contributed by atoms with Crippen molar-refractivity contribution in [3.8, 4) is 0 Å². The Kier molecular flexibility index (Phi) is 6.52. The third-order valence-electron chi connectivity index (χ3n) is 6.43. The molecule has 1 aliphatic carbocycles. The first-order valence-corrected chi connectivity index (χ1v) is 12.5. The Morgan fingerprint density at radius 2 is 2.00 bits per heavy atom. The normalized spacial score (nSPS) is 16.8. The molecule has 1 aliphatic heterocycles. The second kappa shape index (κ2) is 9.62. The highest BCUT2D eigenvalue weighted by Gasteiger charge is 2.33. The molecule has 5 rings (SSSR count). The fourth-order valence-corrected chi connectivity index (χ4v) is 5.45. The third kappa shape index (κ3) is 4.85. The lowest BCUT2D eigenvalue weighted by Crippen LogP contribution is -2.24. The van der Waals surface area contributed by atoms with Gasteiger partial charge in [-0.15, -0.1) is 11.3 Å². The smallest absolute Gasteiger partial charge is 0.298 e. The van der Waals surface area contributed by atoms with Crippen LogP contribution in [0.2, 0.25) is 0 Å². The van der Waals surface area contributed by atoms with E-state index in [1.807, 2.05) is 0 Å². The SMILES string of the molecule is Cn1c(C2=CC(C(F)(F)F)=CCC2)nc2c(C(=O)Nc3ncc(CN4CCCC4)s3)cccc2c1=O. The second-order valence-corrected chi connectivity index (χ2v) is 10.1. The van der Waals surface area contributed by atoms with Crippen molar-refractivity contribution >= 4 is 38.9 Å². The summed E-state index contributed by atoms with van der Waals surface area (Å²) in [4.78, 5) is 38.5. The zero-order valence-electron chi connectivity index (χ0n) is 19.6. The highest BCUT2D eigenvalue weighted by molar-refractivity contribution is 7.15. The number of hydrogen-bond donors (Lipinski definition) is 1. The molecule has 1 N–H and O–H groups in total. The molecule has 2 aliphatic rings. The number of fused-ring (bicyclic) bond motifs is 1. The van der Waals surface area contributed by atoms with Crippen LogP contribution in [0.5, 0.6) is 0 Å². The molecule has 0 radical (unpaired) electrons. The number of likely N-dealkylation sites (tertiary alicyclic amines) is 1. The molecule has 11 heteroatoms. The molecule has 2 aromatic heterocycles. The van der Waals surface area contributed by atoms with E-state index in [9.17, 15) is 22.8 Å². The minimum absolute atomic E-state index is 0.116. The van der Waals surface area contributed by atoms with Gasteiger partial charge in [0.25, 0.3) is 11.5 Å². The number of benzene rings is 1. The minimum Gasteiger partial charge on any atom is -0.298 e. The quantitative estimate of drug-likeness (QED) is 0.523. The van der Waals surface area contributed by atoms with Gasteiger partial charge in [-0.05, 0) is 62.6 Å². The van der Waals surface area contributed by atoms with Crippen LogP contribution in [0.25, 0.3) is 16.5 Å². The topological polar surface area (TPSA) is 80.1 Å². The summed E-state index contributed by atoms with van der Waals surface area (Å²) < 4.78 is 41.1. The zero-order valence-corrected chi connectivity index (χ0v) is 20.4. The fourth-order valence-electron chi connectivity index (χ4n) is 4.60. The van der Waals surface area contributed by atoms with Crippen LogP contribution in [-0.4, -0.2) is 44.6 Å². The number of para-hydroxylation sites is 1. The van der Waals surface area contributed by atoms with Crippen molar-refractivity contribution in [1.29, 1.82) is 0 Å². The summed E-state index contributed by atoms with van der Waals surface area (Å²) >= 11 is 1.39. The highest BCUT2D eigenvalue weighted by atomic mass is 32.1. The van der Waals surface area contributed by atoms with Crippen LogP contribution in [-0.2, 0) is 13.6 Å². The Bertz CT molecular complexity index is 1450. The summed E-state index contributed by atoms with van der Waals surface area (Å²) in [6.45, 7) is 2.89. The van der Waals surface area contributed by atoms with Crippen LogP contribution in [0.3, 0.4) is 0 Å². The summed E-state index contributed by atoms with van der Waals surface area (Å²) in [7, 11) is 1.47. The molecule has 36 heavy (non-hydrogen) atoms. The maximum atomic E-state index is 13.3. The predicted octanol–water partition coefficient (Wildman–Crippen LogP) is 4.90. The lowest BCUT2D eigenvalue weighted by Gasteiger charge is -2.18. The number of nitrogens with one attached hydrogen (secondary N) is 1. The molecule has 188 valence electrons. The average molecular weight is 516 g/mol. The van der Waals surface area contributed by atoms with Gasteiger partial charge in [0.1, 0.15) is 5.82 Å². The monoisotopic (exact) mass is 515 g/mol. The number of carbonyl (C=O) groups excluding carboxylic acids is 1. The molecule has 7 nitrogen and oxygen atoms in total. The van der Waals surface area contributed by atoms with Gasteiger partial charge in [0.2, 0.25) is 0 Å². The van der Waals surface area contributed by atoms with Gasteiger partial charge >= 0.3 is 6.18 Å². The van der Waals surface area contributed by atoms with E-state index in [-0.39, 0.29) is 28.7 Å². The van der Waals surface area contributed by atoms with E-state index in [4.69, 9.17) is 0 Å². The van der Waals surface area contributed by atoms with E-state index in [1.54, 1.807) is 24.4 Å². The molecule has 1 amide bonds. The Morgan fingerprint density at radius 3 is 2.75 bits per heavy atom. The summed E-state index contributed by atoms with van der Waals surface area (Å²) in [6, 6.07) is 4.69. The number of amides is 1. The van der Waals surface area contributed by atoms with Crippen molar-refractivity contribution in [2.45, 2.75) is 38.4 Å². The number of halogens is 3. The van der Waals surface area contributed by atoms with Crippen molar-refractivity contribution in [3.05, 3.63) is 68.7 Å². The maximum Gasteiger partial charge on any atom is 0.416 e. The Labute approximate surface area is 209 Å². The Balaban J connectivity index is 1.47. The van der Waals surface area contributed by atoms with Crippen LogP contribution in [0.4, 0.5) is 18.3 Å². The molecule has 1 saturated heterocycles. The van der Waals surface area contributed by atoms with Crippen LogP contribution < -0.4 is 10.9 Å². The van der Waals surface area contributed by atoms with Crippen molar-refractivity contribution in [1.82, 2.24) is 19.4 Å². The van der Waals surface area contributed by atoms with Crippen molar-refractivity contribution in [2.75, 3.05) is 18.4 Å². The Morgan fingerprint density at radius 1 is 1.22 bits per heavy atom. The van der Waals surface area contributed by atoms with E-state index in [2.05, 4.69) is 20.2 Å². The first kappa shape index (κ1) is 24.4. The first-order chi connectivity index (χ1) is 17.2. The Hall–Kier alpha value is -3.31. The number of thiazole rings is 1. The number of anilines is 1. The molecular formula is C25H24F3N5O2S. The standard InChI is InChI=1S/C25H24F3N5O2S/c1-32-21(15-6-4-7-16(12-15)25(26,27)28)30-20-18(8-5-9-19(20)23(32)35)22(34)31-24-29-13-17(36-24)14-33-10-2-3-11-33/h5,7-9,12-13H,2-4,6,10-11,14H2,1H3,(H,29,31,34). The van der Waals surface area contributed by atoms with Gasteiger partial charge in [0.15, 0.2) is 5.13 Å². The summed E-state index contributed by atoms with van der Waals surface area (Å²) in [5.41, 5.74) is -0.599. The molecule has 0 saturated carbocycles. The number of rotatable bonds is 5. The number of hydrogen-bond acceptors (Lipinski definition) is 6. The summed E-state index contributed by atoms with van der Waals surface area (Å²) in [6.07, 6.45) is 2.26. The van der Waals surface area contributed by atoms with E-state index < -0.39 is 23.2 Å². The van der Waals surface area contributed by atoms with Crippen molar-refractivity contribution in [2.24, 2.45) is 7.05 Å². The van der Waals surface area contributed by atoms with E-state index >= 15 is 0 Å². The number of aromatic nitrogens is 3. The molecule has 3 heterocycles. The van der Waals surface area contributed by atoms with Crippen LogP contribution in [0.1, 0.15) is 46.7 Å². The third-order valence-corrected chi connectivity index (χ3v) is 7.32. The largest absolute Gasteiger partial charge is 0.416 e. The predicted molar refractivity (Wildman–Crippen MR) is 133 cm³/mol. The van der Waals surface area contributed by atoms with Crippen LogP contribution in [0.15, 0.2) is 46.9 Å². The van der Waals surface area contributed by atoms with Crippen molar-refractivity contribution in [3.63, 3.8) is 0 Å². The lowest BCUT2D eigenvalue weighted by atomic mass is 9.98. The van der Waals surface area contributed by atoms with E-state index in [0.29, 0.717) is 17.1 Å². The van der Waals surface area contributed by atoms with Gasteiger partial charge in [-0.25, -0.2) is 9.97 Å². The van der Waals surface area contributed by atoms with E-state index in [1.165, 1.54) is 35.8 Å².